The smallest absolute Gasteiger partial charge is 0.0935 e. The van der Waals surface area contributed by atoms with E-state index in [1.165, 1.54) is 6.42 Å². The van der Waals surface area contributed by atoms with Gasteiger partial charge in [0, 0.05) is 12.3 Å². The summed E-state index contributed by atoms with van der Waals surface area (Å²) in [6.45, 7) is 2.16. The standard InChI is InChI=1S/C9H20NO.ClH/c1-7-8(10(2,3)4)5-6-9(7)11;/h7-9,11H,5-6H2,1-4H3;1H/q+1;/p-1/t7-,8-,9+;/m1./s1. The van der Waals surface area contributed by atoms with E-state index in [0.717, 1.165) is 10.9 Å². The van der Waals surface area contributed by atoms with E-state index in [4.69, 9.17) is 0 Å². The topological polar surface area (TPSA) is 20.2 Å². The lowest BCUT2D eigenvalue weighted by Gasteiger charge is -2.34. The second kappa shape index (κ2) is 3.95. The Morgan fingerprint density at radius 3 is 1.83 bits per heavy atom. The molecule has 1 N–H and O–H groups in total. The fourth-order valence-electron chi connectivity index (χ4n) is 2.22. The molecule has 0 radical (unpaired) electrons. The van der Waals surface area contributed by atoms with Crippen molar-refractivity contribution in [1.82, 2.24) is 0 Å². The summed E-state index contributed by atoms with van der Waals surface area (Å²) in [5.41, 5.74) is 0. The summed E-state index contributed by atoms with van der Waals surface area (Å²) in [5, 5.41) is 9.52. The van der Waals surface area contributed by atoms with Gasteiger partial charge in [-0.05, 0) is 6.42 Å². The van der Waals surface area contributed by atoms with Crippen LogP contribution in [-0.2, 0) is 0 Å². The molecule has 1 saturated carbocycles. The van der Waals surface area contributed by atoms with Gasteiger partial charge in [-0.25, -0.2) is 0 Å². The average Bonchev–Trinajstić information content (AvgIpc) is 2.11. The molecule has 0 bridgehead atoms. The summed E-state index contributed by atoms with van der Waals surface area (Å²) < 4.78 is 0.984. The van der Waals surface area contributed by atoms with Crippen molar-refractivity contribution in [3.8, 4) is 0 Å². The largest absolute Gasteiger partial charge is 1.00 e. The zero-order valence-electron chi connectivity index (χ0n) is 8.42. The Morgan fingerprint density at radius 2 is 1.67 bits per heavy atom. The normalized spacial score (nSPS) is 36.2. The van der Waals surface area contributed by atoms with Crippen LogP contribution in [0.1, 0.15) is 19.8 Å². The summed E-state index contributed by atoms with van der Waals surface area (Å²) in [4.78, 5) is 0. The van der Waals surface area contributed by atoms with Crippen LogP contribution in [0.2, 0.25) is 0 Å². The zero-order valence-corrected chi connectivity index (χ0v) is 9.17. The van der Waals surface area contributed by atoms with Gasteiger partial charge >= 0.3 is 0 Å². The molecule has 1 rings (SSSR count). The highest BCUT2D eigenvalue weighted by atomic mass is 35.5. The van der Waals surface area contributed by atoms with Gasteiger partial charge in [0.2, 0.25) is 0 Å². The van der Waals surface area contributed by atoms with Gasteiger partial charge in [0.1, 0.15) is 0 Å². The van der Waals surface area contributed by atoms with Gasteiger partial charge in [-0.15, -0.1) is 0 Å². The molecule has 0 aromatic carbocycles. The molecule has 0 heterocycles. The number of rotatable bonds is 1. The third-order valence-corrected chi connectivity index (χ3v) is 2.97. The van der Waals surface area contributed by atoms with Gasteiger partial charge in [0.05, 0.1) is 33.3 Å². The van der Waals surface area contributed by atoms with Crippen molar-refractivity contribution in [2.24, 2.45) is 5.92 Å². The summed E-state index contributed by atoms with van der Waals surface area (Å²) in [6.07, 6.45) is 2.10. The molecule has 2 nitrogen and oxygen atoms in total. The predicted octanol–water partition coefficient (Wildman–Crippen LogP) is -2.14. The Balaban J connectivity index is 0.00000121. The lowest BCUT2D eigenvalue weighted by Crippen LogP contribution is -3.00. The molecule has 0 spiro atoms. The van der Waals surface area contributed by atoms with Crippen LogP contribution in [-0.4, -0.2) is 42.9 Å². The molecule has 0 unspecified atom stereocenters. The van der Waals surface area contributed by atoms with Gasteiger partial charge in [-0.1, -0.05) is 6.92 Å². The first-order valence-corrected chi connectivity index (χ1v) is 4.42. The molecule has 3 heteroatoms. The minimum Gasteiger partial charge on any atom is -1.00 e. The Labute approximate surface area is 81.6 Å². The summed E-state index contributed by atoms with van der Waals surface area (Å²) in [5.74, 6) is 0.468. The maximum absolute atomic E-state index is 9.52. The van der Waals surface area contributed by atoms with Crippen molar-refractivity contribution in [2.75, 3.05) is 21.1 Å². The van der Waals surface area contributed by atoms with Gasteiger partial charge < -0.3 is 22.0 Å². The molecule has 1 fully saturated rings. The highest BCUT2D eigenvalue weighted by Gasteiger charge is 2.39. The molecule has 0 aliphatic heterocycles. The molecular weight excluding hydrogens is 174 g/mol. The van der Waals surface area contributed by atoms with E-state index in [0.29, 0.717) is 12.0 Å². The van der Waals surface area contributed by atoms with Crippen molar-refractivity contribution < 1.29 is 22.0 Å². The molecule has 3 atom stereocenters. The Morgan fingerprint density at radius 1 is 1.17 bits per heavy atom. The third kappa shape index (κ3) is 2.35. The van der Waals surface area contributed by atoms with Crippen LogP contribution in [0.4, 0.5) is 0 Å². The number of halogens is 1. The van der Waals surface area contributed by atoms with E-state index in [1.807, 2.05) is 0 Å². The minimum absolute atomic E-state index is 0. The van der Waals surface area contributed by atoms with E-state index < -0.39 is 0 Å². The summed E-state index contributed by atoms with van der Waals surface area (Å²) >= 11 is 0. The van der Waals surface area contributed by atoms with Crippen LogP contribution in [0.25, 0.3) is 0 Å². The van der Waals surface area contributed by atoms with Crippen LogP contribution < -0.4 is 12.4 Å². The predicted molar refractivity (Wildman–Crippen MR) is 46.2 cm³/mol. The van der Waals surface area contributed by atoms with Crippen LogP contribution >= 0.6 is 0 Å². The average molecular weight is 194 g/mol. The maximum Gasteiger partial charge on any atom is 0.0935 e. The van der Waals surface area contributed by atoms with Gasteiger partial charge in [-0.3, -0.25) is 0 Å². The van der Waals surface area contributed by atoms with Crippen LogP contribution in [0.3, 0.4) is 0 Å². The molecule has 0 amide bonds. The minimum atomic E-state index is -0.0580. The first-order valence-electron chi connectivity index (χ1n) is 4.42. The van der Waals surface area contributed by atoms with Crippen molar-refractivity contribution in [1.29, 1.82) is 0 Å². The van der Waals surface area contributed by atoms with Crippen molar-refractivity contribution >= 4 is 0 Å². The Kier molecular flexibility index (Phi) is 4.01. The van der Waals surface area contributed by atoms with Crippen molar-refractivity contribution in [3.05, 3.63) is 0 Å². The molecule has 0 saturated heterocycles. The van der Waals surface area contributed by atoms with E-state index in [9.17, 15) is 5.11 Å². The molecule has 1 aliphatic carbocycles. The van der Waals surface area contributed by atoms with Crippen LogP contribution in [0.5, 0.6) is 0 Å². The number of aliphatic hydroxyl groups excluding tert-OH is 1. The van der Waals surface area contributed by atoms with E-state index in [2.05, 4.69) is 28.1 Å². The monoisotopic (exact) mass is 193 g/mol. The number of hydrogen-bond acceptors (Lipinski definition) is 1. The van der Waals surface area contributed by atoms with E-state index in [1.54, 1.807) is 0 Å². The number of hydrogen-bond donors (Lipinski definition) is 1. The fraction of sp³-hybridized carbons (Fsp3) is 1.00. The van der Waals surface area contributed by atoms with Crippen LogP contribution in [0, 0.1) is 5.92 Å². The van der Waals surface area contributed by atoms with Gasteiger partial charge in [0.25, 0.3) is 0 Å². The first kappa shape index (κ1) is 12.2. The lowest BCUT2D eigenvalue weighted by molar-refractivity contribution is -0.898. The quantitative estimate of drug-likeness (QED) is 0.472. The Hall–Kier alpha value is 0.210. The highest BCUT2D eigenvalue weighted by molar-refractivity contribution is 4.82. The highest BCUT2D eigenvalue weighted by Crippen LogP contribution is 2.31. The Bertz CT molecular complexity index is 144. The number of quaternary nitrogens is 1. The SMILES string of the molecule is C[C@@H]1[C@H]([N+](C)(C)C)CC[C@@H]1O.[Cl-]. The third-order valence-electron chi connectivity index (χ3n) is 2.97. The number of nitrogens with zero attached hydrogens (tertiary/aromatic N) is 1. The maximum atomic E-state index is 9.52. The molecule has 74 valence electrons. The second-order valence-corrected chi connectivity index (χ2v) is 4.69. The molecular formula is C9H20ClNO. The molecule has 1 aliphatic rings. The number of aliphatic hydroxyl groups is 1. The van der Waals surface area contributed by atoms with Gasteiger partial charge in [-0.2, -0.15) is 0 Å². The fourth-order valence-corrected chi connectivity index (χ4v) is 2.22. The molecule has 0 aromatic heterocycles. The summed E-state index contributed by atoms with van der Waals surface area (Å²) in [6, 6.07) is 0.644. The van der Waals surface area contributed by atoms with Crippen LogP contribution in [0.15, 0.2) is 0 Å². The zero-order chi connectivity index (χ0) is 8.65. The van der Waals surface area contributed by atoms with Crippen molar-refractivity contribution in [3.63, 3.8) is 0 Å². The second-order valence-electron chi connectivity index (χ2n) is 4.69. The summed E-state index contributed by atoms with van der Waals surface area (Å²) in [7, 11) is 6.62. The molecule has 12 heavy (non-hydrogen) atoms. The van der Waals surface area contributed by atoms with E-state index >= 15 is 0 Å². The van der Waals surface area contributed by atoms with E-state index in [-0.39, 0.29) is 18.5 Å². The van der Waals surface area contributed by atoms with Gasteiger partial charge in [0.15, 0.2) is 0 Å². The van der Waals surface area contributed by atoms with Crippen molar-refractivity contribution in [2.45, 2.75) is 31.9 Å². The first-order chi connectivity index (χ1) is 4.93. The molecule has 0 aromatic rings. The lowest BCUT2D eigenvalue weighted by atomic mass is 10.0.